The quantitative estimate of drug-likeness (QED) is 0.190. The first-order chi connectivity index (χ1) is 18.0. The van der Waals surface area contributed by atoms with Crippen molar-refractivity contribution >= 4 is 37.5 Å². The fraction of sp³-hybridized carbons (Fsp3) is 0.212. The normalized spacial score (nSPS) is 14.1. The summed E-state index contributed by atoms with van der Waals surface area (Å²) in [5.41, 5.74) is 2.12. The second kappa shape index (κ2) is 11.1. The molecule has 0 bridgehead atoms. The maximum absolute atomic E-state index is 13.2. The highest BCUT2D eigenvalue weighted by Gasteiger charge is 2.43. The topological polar surface area (TPSA) is 32.7 Å². The molecule has 5 aromatic carbocycles. The van der Waals surface area contributed by atoms with E-state index in [4.69, 9.17) is 4.74 Å². The Morgan fingerprint density at radius 1 is 0.757 bits per heavy atom. The largest absolute Gasteiger partial charge is 0.482 e. The molecule has 0 aliphatic carbocycles. The highest BCUT2D eigenvalue weighted by Crippen LogP contribution is 2.50. The van der Waals surface area contributed by atoms with Crippen molar-refractivity contribution in [2.24, 2.45) is 0 Å². The van der Waals surface area contributed by atoms with Gasteiger partial charge in [-0.15, -0.1) is 0 Å². The molecule has 0 heterocycles. The first-order valence-corrected chi connectivity index (χ1v) is 13.8. The molecule has 5 aromatic rings. The van der Waals surface area contributed by atoms with Gasteiger partial charge in [0, 0.05) is 18.0 Å². The second-order valence-corrected chi connectivity index (χ2v) is 10.3. The molecule has 0 spiro atoms. The van der Waals surface area contributed by atoms with Crippen LogP contribution in [0.4, 0.5) is 0 Å². The lowest BCUT2D eigenvalue weighted by Crippen LogP contribution is -2.38. The minimum atomic E-state index is -1.22. The summed E-state index contributed by atoms with van der Waals surface area (Å²) in [5, 5.41) is 17.5. The van der Waals surface area contributed by atoms with Crippen molar-refractivity contribution in [3.8, 4) is 5.75 Å². The zero-order valence-corrected chi connectivity index (χ0v) is 22.9. The third-order valence-electron chi connectivity index (χ3n) is 7.24. The number of benzene rings is 5. The molecule has 2 atom stereocenters. The van der Waals surface area contributed by atoms with E-state index in [1.54, 1.807) is 0 Å². The summed E-state index contributed by atoms with van der Waals surface area (Å²) in [6.45, 7) is 0.725. The lowest BCUT2D eigenvalue weighted by Gasteiger charge is -2.40. The molecule has 0 amide bonds. The summed E-state index contributed by atoms with van der Waals surface area (Å²) in [5.74, 6) is 0.396. The van der Waals surface area contributed by atoms with Crippen molar-refractivity contribution in [3.63, 3.8) is 0 Å². The van der Waals surface area contributed by atoms with Crippen molar-refractivity contribution in [3.05, 3.63) is 126 Å². The minimum Gasteiger partial charge on any atom is -0.482 e. The van der Waals surface area contributed by atoms with Crippen LogP contribution in [0.1, 0.15) is 29.0 Å². The Labute approximate surface area is 227 Å². The Morgan fingerprint density at radius 2 is 1.38 bits per heavy atom. The fourth-order valence-electron chi connectivity index (χ4n) is 5.52. The van der Waals surface area contributed by atoms with Crippen LogP contribution < -0.4 is 4.74 Å². The summed E-state index contributed by atoms with van der Waals surface area (Å²) in [6, 6.07) is 37.4. The molecule has 3 nitrogen and oxygen atoms in total. The molecule has 0 aliphatic heterocycles. The van der Waals surface area contributed by atoms with Crippen molar-refractivity contribution < 1.29 is 9.84 Å². The van der Waals surface area contributed by atoms with Crippen molar-refractivity contribution in [1.29, 1.82) is 0 Å². The Kier molecular flexibility index (Phi) is 7.61. The van der Waals surface area contributed by atoms with Gasteiger partial charge in [0.25, 0.3) is 0 Å². The standard InChI is InChI=1S/C33H32BrNO2/c1-35(2)22-21-33(36,29-18-10-15-24-11-6-8-16-27(24)29)32(26-13-4-3-5-14-26)31-28-17-9-7-12-25(28)19-20-30(31)37-23-34/h3-20,32,36H,21-23H2,1-2H3/t32-,33-/m1/s1. The molecule has 0 aromatic heterocycles. The van der Waals surface area contributed by atoms with Gasteiger partial charge in [-0.25, -0.2) is 0 Å². The van der Waals surface area contributed by atoms with Crippen LogP contribution in [0.25, 0.3) is 21.5 Å². The van der Waals surface area contributed by atoms with Crippen LogP contribution in [0, 0.1) is 0 Å². The van der Waals surface area contributed by atoms with Gasteiger partial charge in [0.1, 0.15) is 16.9 Å². The van der Waals surface area contributed by atoms with E-state index >= 15 is 0 Å². The van der Waals surface area contributed by atoms with Crippen LogP contribution >= 0.6 is 15.9 Å². The predicted octanol–water partition coefficient (Wildman–Crippen LogP) is 7.70. The molecule has 0 unspecified atom stereocenters. The van der Waals surface area contributed by atoms with Crippen molar-refractivity contribution in [2.75, 3.05) is 26.2 Å². The molecule has 0 radical (unpaired) electrons. The maximum atomic E-state index is 13.2. The van der Waals surface area contributed by atoms with Gasteiger partial charge in [-0.3, -0.25) is 0 Å². The van der Waals surface area contributed by atoms with Gasteiger partial charge < -0.3 is 14.7 Å². The Balaban J connectivity index is 1.88. The molecule has 37 heavy (non-hydrogen) atoms. The summed E-state index contributed by atoms with van der Waals surface area (Å²) in [7, 11) is 4.11. The van der Waals surface area contributed by atoms with E-state index in [0.717, 1.165) is 50.5 Å². The number of alkyl halides is 1. The Bertz CT molecular complexity index is 1500. The van der Waals surface area contributed by atoms with E-state index in [1.165, 1.54) is 0 Å². The smallest absolute Gasteiger partial charge is 0.143 e. The first-order valence-electron chi connectivity index (χ1n) is 12.6. The van der Waals surface area contributed by atoms with Gasteiger partial charge in [-0.1, -0.05) is 103 Å². The molecule has 1 N–H and O–H groups in total. The number of ether oxygens (including phenoxy) is 1. The van der Waals surface area contributed by atoms with Gasteiger partial charge in [-0.2, -0.15) is 0 Å². The van der Waals surface area contributed by atoms with Gasteiger partial charge in [0.2, 0.25) is 0 Å². The minimum absolute atomic E-state index is 0.365. The van der Waals surface area contributed by atoms with Gasteiger partial charge in [0.05, 0.1) is 0 Å². The third kappa shape index (κ3) is 5.02. The van der Waals surface area contributed by atoms with Crippen LogP contribution in [0.15, 0.2) is 109 Å². The van der Waals surface area contributed by atoms with E-state index in [2.05, 4.69) is 108 Å². The van der Waals surface area contributed by atoms with Crippen LogP contribution in [-0.2, 0) is 5.60 Å². The van der Waals surface area contributed by atoms with Crippen molar-refractivity contribution in [2.45, 2.75) is 17.9 Å². The van der Waals surface area contributed by atoms with Crippen LogP contribution in [0.3, 0.4) is 0 Å². The lowest BCUT2D eigenvalue weighted by atomic mass is 9.69. The van der Waals surface area contributed by atoms with E-state index in [1.807, 2.05) is 36.4 Å². The molecular formula is C33H32BrNO2. The number of fused-ring (bicyclic) bond motifs is 2. The summed E-state index contributed by atoms with van der Waals surface area (Å²) >= 11 is 3.48. The predicted molar refractivity (Wildman–Crippen MR) is 158 cm³/mol. The second-order valence-electron chi connectivity index (χ2n) is 9.80. The summed E-state index contributed by atoms with van der Waals surface area (Å²) in [4.78, 5) is 2.14. The van der Waals surface area contributed by atoms with Gasteiger partial charge >= 0.3 is 0 Å². The molecule has 0 saturated heterocycles. The average molecular weight is 555 g/mol. The monoisotopic (exact) mass is 553 g/mol. The Hall–Kier alpha value is -3.18. The van der Waals surface area contributed by atoms with E-state index in [-0.39, 0.29) is 5.92 Å². The molecule has 188 valence electrons. The number of rotatable bonds is 9. The average Bonchev–Trinajstić information content (AvgIpc) is 2.93. The first kappa shape index (κ1) is 25.5. The molecule has 5 rings (SSSR count). The lowest BCUT2D eigenvalue weighted by molar-refractivity contribution is 0.00566. The highest BCUT2D eigenvalue weighted by atomic mass is 79.9. The molecule has 0 saturated carbocycles. The zero-order chi connectivity index (χ0) is 25.8. The molecule has 0 aliphatic rings. The summed E-state index contributed by atoms with van der Waals surface area (Å²) in [6.07, 6.45) is 0.546. The zero-order valence-electron chi connectivity index (χ0n) is 21.3. The fourth-order valence-corrected chi connectivity index (χ4v) is 5.76. The Morgan fingerprint density at radius 3 is 2.08 bits per heavy atom. The van der Waals surface area contributed by atoms with E-state index < -0.39 is 5.60 Å². The number of hydrogen-bond donors (Lipinski definition) is 1. The number of halogens is 1. The van der Waals surface area contributed by atoms with Gasteiger partial charge in [-0.05, 0) is 75.2 Å². The third-order valence-corrected chi connectivity index (χ3v) is 7.47. The SMILES string of the molecule is CN(C)CC[C@@](O)(c1cccc2ccccc12)[C@H](c1ccccc1)c1c(OCBr)ccc2ccccc12. The van der Waals surface area contributed by atoms with Crippen molar-refractivity contribution in [1.82, 2.24) is 4.90 Å². The molecular weight excluding hydrogens is 522 g/mol. The van der Waals surface area contributed by atoms with Crippen LogP contribution in [0.5, 0.6) is 5.75 Å². The van der Waals surface area contributed by atoms with E-state index in [9.17, 15) is 5.11 Å². The van der Waals surface area contributed by atoms with Crippen LogP contribution in [-0.4, -0.2) is 36.2 Å². The molecule has 0 fully saturated rings. The van der Waals surface area contributed by atoms with Gasteiger partial charge in [0.15, 0.2) is 0 Å². The summed E-state index contributed by atoms with van der Waals surface area (Å²) < 4.78 is 6.19. The molecule has 4 heteroatoms. The maximum Gasteiger partial charge on any atom is 0.143 e. The number of aliphatic hydroxyl groups is 1. The highest BCUT2D eigenvalue weighted by molar-refractivity contribution is 9.09. The van der Waals surface area contributed by atoms with Crippen LogP contribution in [0.2, 0.25) is 0 Å². The number of hydrogen-bond acceptors (Lipinski definition) is 3. The number of nitrogens with zero attached hydrogens (tertiary/aromatic N) is 1. The van der Waals surface area contributed by atoms with E-state index in [0.29, 0.717) is 11.9 Å².